The molecule has 5 rings (SSSR count). The van der Waals surface area contributed by atoms with E-state index >= 15 is 0 Å². The molecule has 3 aromatic rings. The van der Waals surface area contributed by atoms with E-state index in [1.54, 1.807) is 21.2 Å². The SMILES string of the molecule is COc1c(NC2CC(Nc3ccc(C)nn3)NC3NN(C)C(=O)C23)cccc1-c1nnn(C)n1. The largest absolute Gasteiger partial charge is 0.494 e. The molecule has 4 N–H and O–H groups in total. The number of nitrogens with zero attached hydrogens (tertiary/aromatic N) is 7. The Kier molecular flexibility index (Phi) is 5.71. The van der Waals surface area contributed by atoms with E-state index in [0.717, 1.165) is 11.4 Å². The number of benzene rings is 1. The Hall–Kier alpha value is -3.84. The van der Waals surface area contributed by atoms with Crippen LogP contribution in [0, 0.1) is 12.8 Å². The standard InChI is InChI=1S/C21H27N11O2/c1-11-8-9-15(26-25-11)23-16-10-14(17-20(24-16)28-31(2)21(17)33)22-13-7-5-6-12(18(13)34-4)19-27-30-32(3)29-19/h5-9,14,16-17,20,22,24,28H,10H2,1-4H3,(H,23,26). The Morgan fingerprint density at radius 1 is 1.12 bits per heavy atom. The first kappa shape index (κ1) is 22.0. The summed E-state index contributed by atoms with van der Waals surface area (Å²) in [5, 5.41) is 32.6. The molecule has 13 heteroatoms. The van der Waals surface area contributed by atoms with E-state index in [0.29, 0.717) is 29.4 Å². The minimum Gasteiger partial charge on any atom is -0.494 e. The van der Waals surface area contributed by atoms with Gasteiger partial charge in [-0.25, -0.2) is 5.43 Å². The molecule has 0 bridgehead atoms. The molecule has 4 heterocycles. The van der Waals surface area contributed by atoms with Crippen molar-refractivity contribution in [2.45, 2.75) is 31.7 Å². The molecule has 2 aliphatic rings. The van der Waals surface area contributed by atoms with Crippen molar-refractivity contribution in [3.8, 4) is 17.1 Å². The van der Waals surface area contributed by atoms with Gasteiger partial charge in [0, 0.05) is 19.5 Å². The molecule has 2 aliphatic heterocycles. The van der Waals surface area contributed by atoms with Gasteiger partial charge in [-0.15, -0.1) is 15.3 Å². The number of anilines is 2. The van der Waals surface area contributed by atoms with Gasteiger partial charge in [0.25, 0.3) is 0 Å². The fourth-order valence-electron chi connectivity index (χ4n) is 4.49. The van der Waals surface area contributed by atoms with Gasteiger partial charge >= 0.3 is 0 Å². The van der Waals surface area contributed by atoms with Crippen LogP contribution in [0.2, 0.25) is 0 Å². The number of piperidine rings is 1. The van der Waals surface area contributed by atoms with Gasteiger partial charge in [0.05, 0.1) is 49.4 Å². The molecule has 178 valence electrons. The average Bonchev–Trinajstić information content (AvgIpc) is 3.38. The summed E-state index contributed by atoms with van der Waals surface area (Å²) in [6.45, 7) is 1.89. The molecule has 0 aliphatic carbocycles. The summed E-state index contributed by atoms with van der Waals surface area (Å²) in [6.07, 6.45) is 0.197. The lowest BCUT2D eigenvalue weighted by molar-refractivity contribution is -0.131. The Morgan fingerprint density at radius 3 is 2.68 bits per heavy atom. The summed E-state index contributed by atoms with van der Waals surface area (Å²) in [6, 6.07) is 9.28. The van der Waals surface area contributed by atoms with E-state index in [2.05, 4.69) is 47.0 Å². The third kappa shape index (κ3) is 4.10. The van der Waals surface area contributed by atoms with E-state index in [-0.39, 0.29) is 30.2 Å². The second kappa shape index (κ2) is 8.83. The molecule has 1 amide bonds. The lowest BCUT2D eigenvalue weighted by Gasteiger charge is -2.39. The zero-order valence-electron chi connectivity index (χ0n) is 19.4. The highest BCUT2D eigenvalue weighted by Crippen LogP contribution is 2.37. The average molecular weight is 466 g/mol. The number of hydrazine groups is 1. The van der Waals surface area contributed by atoms with E-state index in [9.17, 15) is 4.79 Å². The van der Waals surface area contributed by atoms with Crippen molar-refractivity contribution in [1.82, 2.24) is 46.2 Å². The third-order valence-electron chi connectivity index (χ3n) is 6.04. The van der Waals surface area contributed by atoms with Crippen molar-refractivity contribution in [3.63, 3.8) is 0 Å². The summed E-state index contributed by atoms with van der Waals surface area (Å²) in [7, 11) is 5.04. The first-order valence-corrected chi connectivity index (χ1v) is 11.0. The van der Waals surface area contributed by atoms with Gasteiger partial charge in [0.15, 0.2) is 5.75 Å². The highest BCUT2D eigenvalue weighted by atomic mass is 16.5. The minimum atomic E-state index is -0.324. The number of para-hydroxylation sites is 1. The number of methoxy groups -OCH3 is 1. The van der Waals surface area contributed by atoms with Crippen molar-refractivity contribution < 1.29 is 9.53 Å². The Bertz CT molecular complexity index is 1180. The fraction of sp³-hybridized carbons (Fsp3) is 0.429. The second-order valence-electron chi connectivity index (χ2n) is 8.43. The molecule has 0 spiro atoms. The number of fused-ring (bicyclic) bond motifs is 1. The molecule has 2 saturated heterocycles. The summed E-state index contributed by atoms with van der Waals surface area (Å²) < 4.78 is 5.73. The van der Waals surface area contributed by atoms with E-state index < -0.39 is 0 Å². The quantitative estimate of drug-likeness (QED) is 0.393. The van der Waals surface area contributed by atoms with Crippen molar-refractivity contribution in [1.29, 1.82) is 0 Å². The van der Waals surface area contributed by atoms with Gasteiger partial charge in [-0.2, -0.15) is 9.90 Å². The zero-order chi connectivity index (χ0) is 23.8. The maximum absolute atomic E-state index is 13.0. The second-order valence-corrected chi connectivity index (χ2v) is 8.43. The normalized spacial score (nSPS) is 24.1. The third-order valence-corrected chi connectivity index (χ3v) is 6.04. The predicted molar refractivity (Wildman–Crippen MR) is 123 cm³/mol. The highest BCUT2D eigenvalue weighted by molar-refractivity contribution is 5.83. The summed E-state index contributed by atoms with van der Waals surface area (Å²) in [5.74, 6) is 1.39. The van der Waals surface area contributed by atoms with Crippen LogP contribution in [-0.2, 0) is 11.8 Å². The Balaban J connectivity index is 1.43. The van der Waals surface area contributed by atoms with Gasteiger partial charge in [-0.1, -0.05) is 6.07 Å². The molecule has 0 radical (unpaired) electrons. The van der Waals surface area contributed by atoms with Crippen molar-refractivity contribution in [2.24, 2.45) is 13.0 Å². The number of hydrogen-bond acceptors (Lipinski definition) is 11. The molecule has 34 heavy (non-hydrogen) atoms. The number of carbonyl (C=O) groups excluding carboxylic acids is 1. The van der Waals surface area contributed by atoms with Gasteiger partial charge < -0.3 is 15.4 Å². The number of aromatic nitrogens is 6. The monoisotopic (exact) mass is 465 g/mol. The number of amides is 1. The summed E-state index contributed by atoms with van der Waals surface area (Å²) >= 11 is 0. The minimum absolute atomic E-state index is 0.00860. The number of ether oxygens (including phenoxy) is 1. The van der Waals surface area contributed by atoms with Crippen molar-refractivity contribution >= 4 is 17.4 Å². The topological polar surface area (TPSA) is 147 Å². The lowest BCUT2D eigenvalue weighted by atomic mass is 9.88. The predicted octanol–water partition coefficient (Wildman–Crippen LogP) is 0.115. The molecule has 4 unspecified atom stereocenters. The van der Waals surface area contributed by atoms with Gasteiger partial charge in [0.1, 0.15) is 5.82 Å². The molecule has 13 nitrogen and oxygen atoms in total. The van der Waals surface area contributed by atoms with Crippen LogP contribution in [0.4, 0.5) is 11.5 Å². The number of hydrogen-bond donors (Lipinski definition) is 4. The first-order chi connectivity index (χ1) is 16.4. The summed E-state index contributed by atoms with van der Waals surface area (Å²) in [4.78, 5) is 14.4. The van der Waals surface area contributed by atoms with Crippen LogP contribution in [0.3, 0.4) is 0 Å². The van der Waals surface area contributed by atoms with Gasteiger partial charge in [-0.3, -0.25) is 15.1 Å². The van der Waals surface area contributed by atoms with Crippen molar-refractivity contribution in [2.75, 3.05) is 24.8 Å². The molecule has 1 aromatic carbocycles. The van der Waals surface area contributed by atoms with Crippen LogP contribution in [0.25, 0.3) is 11.4 Å². The van der Waals surface area contributed by atoms with Crippen LogP contribution in [0.5, 0.6) is 5.75 Å². The van der Waals surface area contributed by atoms with Crippen LogP contribution in [0.15, 0.2) is 30.3 Å². The molecular weight excluding hydrogens is 438 g/mol. The van der Waals surface area contributed by atoms with Crippen molar-refractivity contribution in [3.05, 3.63) is 36.0 Å². The smallest absolute Gasteiger partial charge is 0.244 e. The Morgan fingerprint density at radius 2 is 1.97 bits per heavy atom. The van der Waals surface area contributed by atoms with Crippen LogP contribution < -0.4 is 26.1 Å². The molecule has 2 fully saturated rings. The first-order valence-electron chi connectivity index (χ1n) is 11.0. The number of rotatable bonds is 6. The molecule has 4 atom stereocenters. The maximum atomic E-state index is 13.0. The molecule has 2 aromatic heterocycles. The van der Waals surface area contributed by atoms with E-state index in [4.69, 9.17) is 4.74 Å². The van der Waals surface area contributed by atoms with E-state index in [1.807, 2.05) is 37.3 Å². The van der Waals surface area contributed by atoms with Gasteiger partial charge in [-0.05, 0) is 36.4 Å². The van der Waals surface area contributed by atoms with E-state index in [1.165, 1.54) is 9.81 Å². The summed E-state index contributed by atoms with van der Waals surface area (Å²) in [5.41, 5.74) is 5.51. The van der Waals surface area contributed by atoms with Gasteiger partial charge in [0.2, 0.25) is 11.7 Å². The molecule has 0 saturated carbocycles. The zero-order valence-corrected chi connectivity index (χ0v) is 19.4. The number of aryl methyl sites for hydroxylation is 2. The number of carbonyl (C=O) groups is 1. The lowest BCUT2D eigenvalue weighted by Crippen LogP contribution is -2.60. The van der Waals surface area contributed by atoms with Crippen LogP contribution in [-0.4, -0.2) is 73.9 Å². The van der Waals surface area contributed by atoms with Crippen LogP contribution in [0.1, 0.15) is 12.1 Å². The maximum Gasteiger partial charge on any atom is 0.244 e. The number of tetrazole rings is 1. The van der Waals surface area contributed by atoms with Crippen LogP contribution >= 0.6 is 0 Å². The number of nitrogens with one attached hydrogen (secondary N) is 4. The Labute approximate surface area is 196 Å². The molecular formula is C21H27N11O2. The fourth-order valence-corrected chi connectivity index (χ4v) is 4.49. The highest BCUT2D eigenvalue weighted by Gasteiger charge is 2.48.